The molecule has 23 heavy (non-hydrogen) atoms. The van der Waals surface area contributed by atoms with Crippen molar-refractivity contribution in [1.82, 2.24) is 5.32 Å². The van der Waals surface area contributed by atoms with Gasteiger partial charge in [0.25, 0.3) is 5.91 Å². The summed E-state index contributed by atoms with van der Waals surface area (Å²) in [6, 6.07) is 9.45. The van der Waals surface area contributed by atoms with Crippen LogP contribution in [0.25, 0.3) is 22.3 Å². The molecule has 0 saturated heterocycles. The largest absolute Gasteiger partial charge is 0.496 e. The molecule has 0 fully saturated rings. The van der Waals surface area contributed by atoms with E-state index in [1.54, 1.807) is 32.4 Å². The SMILES string of the molecule is CNC(=O)c1c(-c2ccc(F)cc2)oc2cc(C)c(OC)cc12. The monoisotopic (exact) mass is 313 g/mol. The summed E-state index contributed by atoms with van der Waals surface area (Å²) in [5.74, 6) is 0.471. The Morgan fingerprint density at radius 3 is 2.52 bits per heavy atom. The molecular weight excluding hydrogens is 297 g/mol. The highest BCUT2D eigenvalue weighted by Crippen LogP contribution is 2.36. The second kappa shape index (κ2) is 5.76. The Balaban J connectivity index is 2.32. The number of benzene rings is 2. The van der Waals surface area contributed by atoms with E-state index in [1.165, 1.54) is 12.1 Å². The van der Waals surface area contributed by atoms with Crippen LogP contribution in [-0.2, 0) is 0 Å². The highest BCUT2D eigenvalue weighted by atomic mass is 19.1. The first-order valence-corrected chi connectivity index (χ1v) is 7.14. The molecule has 0 atom stereocenters. The minimum Gasteiger partial charge on any atom is -0.496 e. The van der Waals surface area contributed by atoms with Crippen molar-refractivity contribution in [3.63, 3.8) is 0 Å². The molecular formula is C18H16FNO3. The normalized spacial score (nSPS) is 10.8. The Hall–Kier alpha value is -2.82. The average molecular weight is 313 g/mol. The lowest BCUT2D eigenvalue weighted by Crippen LogP contribution is -2.18. The van der Waals surface area contributed by atoms with Gasteiger partial charge in [-0.15, -0.1) is 0 Å². The van der Waals surface area contributed by atoms with Gasteiger partial charge in [0.2, 0.25) is 0 Å². The number of halogens is 1. The molecule has 0 saturated carbocycles. The summed E-state index contributed by atoms with van der Waals surface area (Å²) in [5.41, 5.74) is 2.54. The second-order valence-electron chi connectivity index (χ2n) is 5.21. The van der Waals surface area contributed by atoms with Gasteiger partial charge in [-0.05, 0) is 48.9 Å². The molecule has 1 amide bonds. The van der Waals surface area contributed by atoms with Gasteiger partial charge < -0.3 is 14.5 Å². The van der Waals surface area contributed by atoms with Crippen LogP contribution < -0.4 is 10.1 Å². The minimum absolute atomic E-state index is 0.269. The number of ether oxygens (including phenoxy) is 1. The lowest BCUT2D eigenvalue weighted by Gasteiger charge is -2.05. The maximum Gasteiger partial charge on any atom is 0.255 e. The van der Waals surface area contributed by atoms with Gasteiger partial charge in [-0.1, -0.05) is 0 Å². The smallest absolute Gasteiger partial charge is 0.255 e. The van der Waals surface area contributed by atoms with Gasteiger partial charge in [-0.25, -0.2) is 4.39 Å². The van der Waals surface area contributed by atoms with Gasteiger partial charge in [-0.3, -0.25) is 4.79 Å². The first-order valence-electron chi connectivity index (χ1n) is 7.14. The number of nitrogens with one attached hydrogen (secondary N) is 1. The lowest BCUT2D eigenvalue weighted by atomic mass is 10.0. The van der Waals surface area contributed by atoms with Crippen LogP contribution >= 0.6 is 0 Å². The average Bonchev–Trinajstić information content (AvgIpc) is 2.92. The van der Waals surface area contributed by atoms with Gasteiger partial charge in [0.05, 0.1) is 12.7 Å². The van der Waals surface area contributed by atoms with E-state index >= 15 is 0 Å². The standard InChI is InChI=1S/C18H16FNO3/c1-10-8-15-13(9-14(10)22-3)16(18(21)20-2)17(23-15)11-4-6-12(19)7-5-11/h4-9H,1-3H3,(H,20,21). The summed E-state index contributed by atoms with van der Waals surface area (Å²) in [5, 5.41) is 3.28. The Bertz CT molecular complexity index is 881. The molecule has 118 valence electrons. The molecule has 0 spiro atoms. The Labute approximate surface area is 132 Å². The topological polar surface area (TPSA) is 51.5 Å². The molecule has 4 nitrogen and oxygen atoms in total. The van der Waals surface area contributed by atoms with Crippen molar-refractivity contribution in [3.8, 4) is 17.1 Å². The number of rotatable bonds is 3. The molecule has 0 aliphatic rings. The molecule has 0 aliphatic carbocycles. The molecule has 3 aromatic rings. The van der Waals surface area contributed by atoms with Gasteiger partial charge in [-0.2, -0.15) is 0 Å². The maximum atomic E-state index is 13.2. The van der Waals surface area contributed by atoms with Crippen LogP contribution in [0, 0.1) is 12.7 Å². The zero-order valence-electron chi connectivity index (χ0n) is 13.1. The van der Waals surface area contributed by atoms with Crippen LogP contribution in [0.1, 0.15) is 15.9 Å². The first-order chi connectivity index (χ1) is 11.0. The summed E-state index contributed by atoms with van der Waals surface area (Å²) < 4.78 is 24.4. The molecule has 5 heteroatoms. The quantitative estimate of drug-likeness (QED) is 0.797. The fraction of sp³-hybridized carbons (Fsp3) is 0.167. The van der Waals surface area contributed by atoms with E-state index in [0.717, 1.165) is 5.56 Å². The number of carbonyl (C=O) groups is 1. The van der Waals surface area contributed by atoms with Gasteiger partial charge in [0.15, 0.2) is 0 Å². The Kier molecular flexibility index (Phi) is 3.78. The summed E-state index contributed by atoms with van der Waals surface area (Å²) in [6.45, 7) is 1.90. The van der Waals surface area contributed by atoms with Crippen molar-refractivity contribution in [2.24, 2.45) is 0 Å². The van der Waals surface area contributed by atoms with Crippen LogP contribution in [0.15, 0.2) is 40.8 Å². The molecule has 2 aromatic carbocycles. The minimum atomic E-state index is -0.344. The molecule has 1 heterocycles. The highest BCUT2D eigenvalue weighted by Gasteiger charge is 2.22. The van der Waals surface area contributed by atoms with Crippen molar-refractivity contribution >= 4 is 16.9 Å². The molecule has 0 bridgehead atoms. The molecule has 0 radical (unpaired) electrons. The fourth-order valence-electron chi connectivity index (χ4n) is 2.60. The number of fused-ring (bicyclic) bond motifs is 1. The van der Waals surface area contributed by atoms with E-state index in [9.17, 15) is 9.18 Å². The van der Waals surface area contributed by atoms with Crippen molar-refractivity contribution in [2.45, 2.75) is 6.92 Å². The van der Waals surface area contributed by atoms with Crippen molar-refractivity contribution in [3.05, 3.63) is 53.3 Å². The number of amides is 1. The third kappa shape index (κ3) is 2.54. The van der Waals surface area contributed by atoms with Gasteiger partial charge in [0.1, 0.15) is 22.9 Å². The van der Waals surface area contributed by atoms with Gasteiger partial charge >= 0.3 is 0 Å². The van der Waals surface area contributed by atoms with Crippen molar-refractivity contribution in [2.75, 3.05) is 14.2 Å². The molecule has 1 N–H and O–H groups in total. The summed E-state index contributed by atoms with van der Waals surface area (Å²) >= 11 is 0. The van der Waals surface area contributed by atoms with Crippen LogP contribution in [0.3, 0.4) is 0 Å². The number of aryl methyl sites for hydroxylation is 1. The van der Waals surface area contributed by atoms with Crippen LogP contribution in [-0.4, -0.2) is 20.1 Å². The van der Waals surface area contributed by atoms with Crippen molar-refractivity contribution in [1.29, 1.82) is 0 Å². The highest BCUT2D eigenvalue weighted by molar-refractivity contribution is 6.11. The zero-order chi connectivity index (χ0) is 16.6. The summed E-state index contributed by atoms with van der Waals surface area (Å²) in [7, 11) is 3.13. The predicted octanol–water partition coefficient (Wildman–Crippen LogP) is 3.92. The van der Waals surface area contributed by atoms with Crippen LogP contribution in [0.2, 0.25) is 0 Å². The number of carbonyl (C=O) groups excluding carboxylic acids is 1. The van der Waals surface area contributed by atoms with E-state index in [1.807, 2.05) is 13.0 Å². The number of methoxy groups -OCH3 is 1. The van der Waals surface area contributed by atoms with Crippen LogP contribution in [0.5, 0.6) is 5.75 Å². The molecule has 3 rings (SSSR count). The van der Waals surface area contributed by atoms with E-state index in [0.29, 0.717) is 33.6 Å². The Morgan fingerprint density at radius 2 is 1.91 bits per heavy atom. The first kappa shape index (κ1) is 15.1. The maximum absolute atomic E-state index is 13.2. The predicted molar refractivity (Wildman–Crippen MR) is 86.3 cm³/mol. The summed E-state index contributed by atoms with van der Waals surface area (Å²) in [6.07, 6.45) is 0. The number of furan rings is 1. The Morgan fingerprint density at radius 1 is 1.22 bits per heavy atom. The van der Waals surface area contributed by atoms with E-state index < -0.39 is 0 Å². The fourth-order valence-corrected chi connectivity index (χ4v) is 2.60. The van der Waals surface area contributed by atoms with Crippen molar-refractivity contribution < 1.29 is 18.3 Å². The third-order valence-corrected chi connectivity index (χ3v) is 3.77. The van der Waals surface area contributed by atoms with Crippen LogP contribution in [0.4, 0.5) is 4.39 Å². The molecule has 1 aromatic heterocycles. The molecule has 0 unspecified atom stereocenters. The van der Waals surface area contributed by atoms with E-state index in [-0.39, 0.29) is 11.7 Å². The van der Waals surface area contributed by atoms with E-state index in [4.69, 9.17) is 9.15 Å². The third-order valence-electron chi connectivity index (χ3n) is 3.77. The second-order valence-corrected chi connectivity index (χ2v) is 5.21. The molecule has 0 aliphatic heterocycles. The zero-order valence-corrected chi connectivity index (χ0v) is 13.1. The number of hydrogen-bond acceptors (Lipinski definition) is 3. The van der Waals surface area contributed by atoms with Gasteiger partial charge in [0, 0.05) is 18.0 Å². The van der Waals surface area contributed by atoms with E-state index in [2.05, 4.69) is 5.32 Å². The number of hydrogen-bond donors (Lipinski definition) is 1. The lowest BCUT2D eigenvalue weighted by molar-refractivity contribution is 0.0964. The summed E-state index contributed by atoms with van der Waals surface area (Å²) in [4.78, 5) is 12.3.